The lowest BCUT2D eigenvalue weighted by atomic mass is 10.0. The first-order valence-electron chi connectivity index (χ1n) is 7.91. The van der Waals surface area contributed by atoms with Crippen molar-refractivity contribution in [3.63, 3.8) is 0 Å². The fourth-order valence-electron chi connectivity index (χ4n) is 2.33. The molecule has 0 aliphatic heterocycles. The molecule has 0 unspecified atom stereocenters. The van der Waals surface area contributed by atoms with Crippen LogP contribution in [0.5, 0.6) is 5.75 Å². The SMILES string of the molecule is CC[C@H](NC(=O)CCCOc1ccc(Cl)cc1)c1ccccc1. The van der Waals surface area contributed by atoms with Crippen molar-refractivity contribution in [1.29, 1.82) is 0 Å². The van der Waals surface area contributed by atoms with Gasteiger partial charge < -0.3 is 10.1 Å². The van der Waals surface area contributed by atoms with E-state index in [4.69, 9.17) is 16.3 Å². The number of hydrogen-bond donors (Lipinski definition) is 1. The van der Waals surface area contributed by atoms with Gasteiger partial charge in [-0.25, -0.2) is 0 Å². The Bertz CT molecular complexity index is 599. The molecule has 2 aromatic carbocycles. The summed E-state index contributed by atoms with van der Waals surface area (Å²) in [4.78, 5) is 12.1. The molecule has 0 aliphatic rings. The summed E-state index contributed by atoms with van der Waals surface area (Å²) < 4.78 is 5.59. The predicted molar refractivity (Wildman–Crippen MR) is 93.8 cm³/mol. The topological polar surface area (TPSA) is 38.3 Å². The second-order valence-electron chi connectivity index (χ2n) is 5.34. The molecule has 0 aliphatic carbocycles. The molecule has 0 saturated heterocycles. The zero-order valence-electron chi connectivity index (χ0n) is 13.3. The molecule has 2 aromatic rings. The van der Waals surface area contributed by atoms with Crippen LogP contribution < -0.4 is 10.1 Å². The average Bonchev–Trinajstić information content (AvgIpc) is 2.59. The number of amides is 1. The van der Waals surface area contributed by atoms with Gasteiger partial charge in [-0.1, -0.05) is 48.9 Å². The molecule has 0 radical (unpaired) electrons. The molecule has 2 rings (SSSR count). The molecule has 4 heteroatoms. The van der Waals surface area contributed by atoms with Crippen LogP contribution in [0.3, 0.4) is 0 Å². The number of rotatable bonds is 8. The smallest absolute Gasteiger partial charge is 0.220 e. The lowest BCUT2D eigenvalue weighted by molar-refractivity contribution is -0.122. The van der Waals surface area contributed by atoms with Crippen LogP contribution in [0.15, 0.2) is 54.6 Å². The van der Waals surface area contributed by atoms with Crippen LogP contribution in [-0.4, -0.2) is 12.5 Å². The Morgan fingerprint density at radius 1 is 1.13 bits per heavy atom. The van der Waals surface area contributed by atoms with E-state index >= 15 is 0 Å². The Hall–Kier alpha value is -2.00. The second kappa shape index (κ2) is 9.21. The van der Waals surface area contributed by atoms with E-state index in [1.807, 2.05) is 42.5 Å². The van der Waals surface area contributed by atoms with E-state index in [2.05, 4.69) is 12.2 Å². The minimum absolute atomic E-state index is 0.0559. The maximum absolute atomic E-state index is 12.1. The summed E-state index contributed by atoms with van der Waals surface area (Å²) >= 11 is 5.82. The molecule has 0 saturated carbocycles. The molecule has 23 heavy (non-hydrogen) atoms. The van der Waals surface area contributed by atoms with Gasteiger partial charge in [0.25, 0.3) is 0 Å². The summed E-state index contributed by atoms with van der Waals surface area (Å²) in [7, 11) is 0. The third kappa shape index (κ3) is 5.95. The zero-order valence-corrected chi connectivity index (χ0v) is 14.1. The van der Waals surface area contributed by atoms with Gasteiger partial charge in [-0.2, -0.15) is 0 Å². The quantitative estimate of drug-likeness (QED) is 0.708. The van der Waals surface area contributed by atoms with E-state index in [1.165, 1.54) is 0 Å². The van der Waals surface area contributed by atoms with E-state index in [0.29, 0.717) is 24.5 Å². The van der Waals surface area contributed by atoms with Gasteiger partial charge in [-0.15, -0.1) is 0 Å². The lowest BCUT2D eigenvalue weighted by Gasteiger charge is -2.17. The third-order valence-corrected chi connectivity index (χ3v) is 3.83. The molecule has 3 nitrogen and oxygen atoms in total. The Labute approximate surface area is 142 Å². The molecule has 1 N–H and O–H groups in total. The number of carbonyl (C=O) groups is 1. The van der Waals surface area contributed by atoms with Crippen LogP contribution in [0.1, 0.15) is 37.8 Å². The van der Waals surface area contributed by atoms with Crippen LogP contribution in [-0.2, 0) is 4.79 Å². The van der Waals surface area contributed by atoms with Crippen LogP contribution >= 0.6 is 11.6 Å². The van der Waals surface area contributed by atoms with Crippen LogP contribution in [0, 0.1) is 0 Å². The first-order valence-corrected chi connectivity index (χ1v) is 8.29. The first-order chi connectivity index (χ1) is 11.2. The van der Waals surface area contributed by atoms with Gasteiger partial charge in [0.1, 0.15) is 5.75 Å². The van der Waals surface area contributed by atoms with Gasteiger partial charge in [0.15, 0.2) is 0 Å². The molecular formula is C19H22ClNO2. The van der Waals surface area contributed by atoms with Crippen molar-refractivity contribution in [3.8, 4) is 5.75 Å². The van der Waals surface area contributed by atoms with Crippen molar-refractivity contribution < 1.29 is 9.53 Å². The third-order valence-electron chi connectivity index (χ3n) is 3.58. The van der Waals surface area contributed by atoms with Crippen molar-refractivity contribution in [3.05, 3.63) is 65.2 Å². The Kier molecular flexibility index (Phi) is 6.95. The number of ether oxygens (including phenoxy) is 1. The molecule has 122 valence electrons. The highest BCUT2D eigenvalue weighted by Crippen LogP contribution is 2.17. The molecule has 1 amide bonds. The molecule has 0 bridgehead atoms. The Morgan fingerprint density at radius 2 is 1.83 bits per heavy atom. The Morgan fingerprint density at radius 3 is 2.48 bits per heavy atom. The molecule has 1 atom stereocenters. The number of hydrogen-bond acceptors (Lipinski definition) is 2. The van der Waals surface area contributed by atoms with E-state index < -0.39 is 0 Å². The fraction of sp³-hybridized carbons (Fsp3) is 0.316. The van der Waals surface area contributed by atoms with Crippen molar-refractivity contribution in [2.24, 2.45) is 0 Å². The molecule has 0 spiro atoms. The minimum Gasteiger partial charge on any atom is -0.494 e. The van der Waals surface area contributed by atoms with Gasteiger partial charge >= 0.3 is 0 Å². The minimum atomic E-state index is 0.0559. The normalized spacial score (nSPS) is 11.7. The molecule has 0 fully saturated rings. The van der Waals surface area contributed by atoms with Crippen LogP contribution in [0.4, 0.5) is 0 Å². The molecular weight excluding hydrogens is 310 g/mol. The highest BCUT2D eigenvalue weighted by Gasteiger charge is 2.11. The molecule has 0 aromatic heterocycles. The predicted octanol–water partition coefficient (Wildman–Crippen LogP) is 4.77. The Balaban J connectivity index is 1.71. The van der Waals surface area contributed by atoms with Crippen molar-refractivity contribution >= 4 is 17.5 Å². The maximum Gasteiger partial charge on any atom is 0.220 e. The average molecular weight is 332 g/mol. The first kappa shape index (κ1) is 17.4. The van der Waals surface area contributed by atoms with Crippen molar-refractivity contribution in [2.75, 3.05) is 6.61 Å². The largest absolute Gasteiger partial charge is 0.494 e. The highest BCUT2D eigenvalue weighted by atomic mass is 35.5. The van der Waals surface area contributed by atoms with Gasteiger partial charge in [0.2, 0.25) is 5.91 Å². The summed E-state index contributed by atoms with van der Waals surface area (Å²) in [5.74, 6) is 0.825. The van der Waals surface area contributed by atoms with Crippen LogP contribution in [0.25, 0.3) is 0 Å². The van der Waals surface area contributed by atoms with Gasteiger partial charge in [0.05, 0.1) is 12.6 Å². The number of halogens is 1. The van der Waals surface area contributed by atoms with E-state index in [0.717, 1.165) is 17.7 Å². The number of nitrogens with one attached hydrogen (secondary N) is 1. The summed E-state index contributed by atoms with van der Waals surface area (Å²) in [5.41, 5.74) is 1.14. The second-order valence-corrected chi connectivity index (χ2v) is 5.78. The lowest BCUT2D eigenvalue weighted by Crippen LogP contribution is -2.28. The maximum atomic E-state index is 12.1. The summed E-state index contributed by atoms with van der Waals surface area (Å²) in [5, 5.41) is 3.76. The standard InChI is InChI=1S/C19H22ClNO2/c1-2-18(15-7-4-3-5-8-15)21-19(22)9-6-14-23-17-12-10-16(20)11-13-17/h3-5,7-8,10-13,18H,2,6,9,14H2,1H3,(H,21,22)/t18-/m0/s1. The monoisotopic (exact) mass is 331 g/mol. The van der Waals surface area contributed by atoms with Gasteiger partial charge in [-0.3, -0.25) is 4.79 Å². The van der Waals surface area contributed by atoms with Crippen LogP contribution in [0.2, 0.25) is 5.02 Å². The van der Waals surface area contributed by atoms with E-state index in [9.17, 15) is 4.79 Å². The van der Waals surface area contributed by atoms with E-state index in [-0.39, 0.29) is 11.9 Å². The van der Waals surface area contributed by atoms with Crippen molar-refractivity contribution in [2.45, 2.75) is 32.2 Å². The fourth-order valence-corrected chi connectivity index (χ4v) is 2.45. The summed E-state index contributed by atoms with van der Waals surface area (Å²) in [6.07, 6.45) is 2.01. The van der Waals surface area contributed by atoms with E-state index in [1.54, 1.807) is 12.1 Å². The van der Waals surface area contributed by atoms with Gasteiger partial charge in [0, 0.05) is 11.4 Å². The van der Waals surface area contributed by atoms with Gasteiger partial charge in [-0.05, 0) is 42.7 Å². The summed E-state index contributed by atoms with van der Waals surface area (Å²) in [6.45, 7) is 2.58. The van der Waals surface area contributed by atoms with Crippen molar-refractivity contribution in [1.82, 2.24) is 5.32 Å². The number of carbonyl (C=O) groups excluding carboxylic acids is 1. The molecule has 0 heterocycles. The highest BCUT2D eigenvalue weighted by molar-refractivity contribution is 6.30. The summed E-state index contributed by atoms with van der Waals surface area (Å²) in [6, 6.07) is 17.3. The zero-order chi connectivity index (χ0) is 16.5. The number of benzene rings is 2.